The van der Waals surface area contributed by atoms with E-state index in [9.17, 15) is 13.2 Å². The summed E-state index contributed by atoms with van der Waals surface area (Å²) in [5.41, 5.74) is -0.844. The van der Waals surface area contributed by atoms with Gasteiger partial charge in [-0.1, -0.05) is 18.2 Å². The Labute approximate surface area is 203 Å². The molecule has 0 aromatic heterocycles. The fraction of sp³-hybridized carbons (Fsp3) is 0.538. The van der Waals surface area contributed by atoms with Crippen molar-refractivity contribution in [3.05, 3.63) is 59.2 Å². The van der Waals surface area contributed by atoms with Crippen LogP contribution in [0, 0.1) is 0 Å². The van der Waals surface area contributed by atoms with E-state index in [0.717, 1.165) is 76.5 Å². The third kappa shape index (κ3) is 5.73. The highest BCUT2D eigenvalue weighted by Gasteiger charge is 2.37. The highest BCUT2D eigenvalue weighted by Crippen LogP contribution is 2.46. The van der Waals surface area contributed by atoms with Gasteiger partial charge in [0, 0.05) is 43.0 Å². The summed E-state index contributed by atoms with van der Waals surface area (Å²) in [5.74, 6) is 0.947. The van der Waals surface area contributed by atoms with Gasteiger partial charge in [0.2, 0.25) is 0 Å². The van der Waals surface area contributed by atoms with Crippen molar-refractivity contribution in [1.82, 2.24) is 9.80 Å². The summed E-state index contributed by atoms with van der Waals surface area (Å²) >= 11 is -0.0405. The fourth-order valence-electron chi connectivity index (χ4n) is 5.49. The molecule has 184 valence electrons. The number of nitrogens with zero attached hydrogens (tertiary/aromatic N) is 2. The van der Waals surface area contributed by atoms with Crippen molar-refractivity contribution in [3.8, 4) is 5.75 Å². The molecule has 3 aliphatic heterocycles. The Balaban J connectivity index is 1.31. The summed E-state index contributed by atoms with van der Waals surface area (Å²) in [7, 11) is 0. The van der Waals surface area contributed by atoms with Gasteiger partial charge in [0.1, 0.15) is 5.75 Å². The number of alkyl halides is 3. The number of halogens is 3. The molecule has 0 amide bonds. The van der Waals surface area contributed by atoms with Crippen LogP contribution in [-0.2, 0) is 4.74 Å². The Bertz CT molecular complexity index is 981. The van der Waals surface area contributed by atoms with Gasteiger partial charge in [0.15, 0.2) is 0 Å². The van der Waals surface area contributed by atoms with Gasteiger partial charge in [0.25, 0.3) is 0 Å². The molecule has 2 aromatic carbocycles. The smallest absolute Gasteiger partial charge is 0.446 e. The monoisotopic (exact) mass is 492 g/mol. The van der Waals surface area contributed by atoms with Crippen LogP contribution in [0.5, 0.6) is 5.75 Å². The maximum atomic E-state index is 12.9. The van der Waals surface area contributed by atoms with Gasteiger partial charge in [-0.3, -0.25) is 9.80 Å². The third-order valence-corrected chi connectivity index (χ3v) is 7.78. The molecular weight excluding hydrogens is 461 g/mol. The molecule has 8 heteroatoms. The molecule has 0 unspecified atom stereocenters. The van der Waals surface area contributed by atoms with Crippen LogP contribution in [0.1, 0.15) is 47.9 Å². The second kappa shape index (κ2) is 10.5. The van der Waals surface area contributed by atoms with Crippen molar-refractivity contribution in [2.24, 2.45) is 0 Å². The maximum Gasteiger partial charge on any atom is 0.446 e. The Kier molecular flexibility index (Phi) is 7.39. The van der Waals surface area contributed by atoms with Crippen LogP contribution in [-0.4, -0.2) is 67.9 Å². The van der Waals surface area contributed by atoms with Crippen molar-refractivity contribution in [3.63, 3.8) is 0 Å². The van der Waals surface area contributed by atoms with E-state index in [-0.39, 0.29) is 22.6 Å². The number of thioether (sulfide) groups is 1. The third-order valence-electron chi connectivity index (χ3n) is 7.06. The molecule has 0 N–H and O–H groups in total. The van der Waals surface area contributed by atoms with E-state index in [0.29, 0.717) is 12.6 Å². The molecule has 0 bridgehead atoms. The minimum absolute atomic E-state index is 0.0405. The van der Waals surface area contributed by atoms with Crippen LogP contribution < -0.4 is 4.74 Å². The summed E-state index contributed by atoms with van der Waals surface area (Å²) in [6, 6.07) is 13.7. The fourth-order valence-corrected chi connectivity index (χ4v) is 6.10. The number of morpholine rings is 1. The van der Waals surface area contributed by atoms with Crippen LogP contribution in [0.2, 0.25) is 0 Å². The SMILES string of the molecule is FC(F)(F)Sc1cccc([C@H]2CN3CCC[C@H]3c3cc(OCCCN4CCOCC4)ccc32)c1. The molecule has 3 aliphatic rings. The first-order chi connectivity index (χ1) is 16.5. The quantitative estimate of drug-likeness (QED) is 0.366. The van der Waals surface area contributed by atoms with Crippen molar-refractivity contribution in [2.45, 2.75) is 41.6 Å². The van der Waals surface area contributed by atoms with Crippen molar-refractivity contribution >= 4 is 11.8 Å². The van der Waals surface area contributed by atoms with Gasteiger partial charge >= 0.3 is 5.51 Å². The predicted molar refractivity (Wildman–Crippen MR) is 128 cm³/mol. The zero-order chi connectivity index (χ0) is 23.5. The molecule has 2 fully saturated rings. The van der Waals surface area contributed by atoms with Gasteiger partial charge in [0.05, 0.1) is 19.8 Å². The summed E-state index contributed by atoms with van der Waals surface area (Å²) < 4.78 is 50.3. The van der Waals surface area contributed by atoms with Gasteiger partial charge in [-0.2, -0.15) is 13.2 Å². The normalized spacial score (nSPS) is 23.5. The number of benzene rings is 2. The second-order valence-electron chi connectivity index (χ2n) is 9.27. The summed E-state index contributed by atoms with van der Waals surface area (Å²) in [6.45, 7) is 7.15. The average molecular weight is 493 g/mol. The molecule has 5 rings (SSSR count). The number of fused-ring (bicyclic) bond motifs is 3. The molecule has 0 radical (unpaired) electrons. The van der Waals surface area contributed by atoms with Gasteiger partial charge in [-0.15, -0.1) is 0 Å². The lowest BCUT2D eigenvalue weighted by molar-refractivity contribution is -0.0328. The van der Waals surface area contributed by atoms with E-state index in [1.165, 1.54) is 17.2 Å². The summed E-state index contributed by atoms with van der Waals surface area (Å²) in [5, 5.41) is 0. The highest BCUT2D eigenvalue weighted by atomic mass is 32.2. The van der Waals surface area contributed by atoms with Crippen molar-refractivity contribution in [1.29, 1.82) is 0 Å². The molecular formula is C26H31F3N2O2S. The molecule has 2 aromatic rings. The van der Waals surface area contributed by atoms with E-state index in [1.807, 2.05) is 12.1 Å². The summed E-state index contributed by atoms with van der Waals surface area (Å²) in [4.78, 5) is 5.14. The van der Waals surface area contributed by atoms with Gasteiger partial charge in [-0.25, -0.2) is 0 Å². The molecule has 0 spiro atoms. The standard InChI is InChI=1S/C26H31F3N2O2S/c27-26(28,29)34-21-5-1-4-19(16-21)24-18-31-10-2-6-25(31)23-17-20(7-8-22(23)24)33-13-3-9-30-11-14-32-15-12-30/h1,4-5,7-8,16-17,24-25H,2-3,6,9-15,18H2/t24-,25+/m1/s1. The second-order valence-corrected chi connectivity index (χ2v) is 10.4. The van der Waals surface area contributed by atoms with Crippen LogP contribution >= 0.6 is 11.8 Å². The van der Waals surface area contributed by atoms with Gasteiger partial charge in [-0.05, 0) is 78.5 Å². The molecule has 34 heavy (non-hydrogen) atoms. The predicted octanol–water partition coefficient (Wildman–Crippen LogP) is 5.68. The maximum absolute atomic E-state index is 12.9. The lowest BCUT2D eigenvalue weighted by Crippen LogP contribution is -2.37. The van der Waals surface area contributed by atoms with Gasteiger partial charge < -0.3 is 9.47 Å². The molecule has 2 saturated heterocycles. The minimum atomic E-state index is -4.28. The average Bonchev–Trinajstić information content (AvgIpc) is 3.30. The molecule has 2 atom stereocenters. The first-order valence-electron chi connectivity index (χ1n) is 12.1. The topological polar surface area (TPSA) is 24.9 Å². The Morgan fingerprint density at radius 2 is 1.88 bits per heavy atom. The molecule has 0 saturated carbocycles. The Morgan fingerprint density at radius 1 is 1.03 bits per heavy atom. The number of rotatable bonds is 7. The van der Waals surface area contributed by atoms with E-state index >= 15 is 0 Å². The number of hydrogen-bond acceptors (Lipinski definition) is 5. The summed E-state index contributed by atoms with van der Waals surface area (Å²) in [6.07, 6.45) is 3.23. The van der Waals surface area contributed by atoms with Crippen molar-refractivity contribution in [2.75, 3.05) is 52.5 Å². The molecule has 0 aliphatic carbocycles. The lowest BCUT2D eigenvalue weighted by Gasteiger charge is -2.38. The highest BCUT2D eigenvalue weighted by molar-refractivity contribution is 8.00. The molecule has 4 nitrogen and oxygen atoms in total. The number of ether oxygens (including phenoxy) is 2. The first kappa shape index (κ1) is 24.0. The van der Waals surface area contributed by atoms with E-state index < -0.39 is 5.51 Å². The largest absolute Gasteiger partial charge is 0.494 e. The lowest BCUT2D eigenvalue weighted by atomic mass is 9.81. The zero-order valence-corrected chi connectivity index (χ0v) is 20.0. The van der Waals surface area contributed by atoms with Crippen molar-refractivity contribution < 1.29 is 22.6 Å². The number of hydrogen-bond donors (Lipinski definition) is 0. The van der Waals surface area contributed by atoms with E-state index in [2.05, 4.69) is 21.9 Å². The molecule has 3 heterocycles. The van der Waals surface area contributed by atoms with Crippen LogP contribution in [0.25, 0.3) is 0 Å². The zero-order valence-electron chi connectivity index (χ0n) is 19.2. The van der Waals surface area contributed by atoms with Crippen LogP contribution in [0.4, 0.5) is 13.2 Å². The van der Waals surface area contributed by atoms with Crippen LogP contribution in [0.3, 0.4) is 0 Å². The minimum Gasteiger partial charge on any atom is -0.494 e. The Hall–Kier alpha value is -1.74. The van der Waals surface area contributed by atoms with Crippen LogP contribution in [0.15, 0.2) is 47.4 Å². The first-order valence-corrected chi connectivity index (χ1v) is 12.9. The van der Waals surface area contributed by atoms with E-state index in [1.54, 1.807) is 12.1 Å². The Morgan fingerprint density at radius 3 is 2.71 bits per heavy atom. The van der Waals surface area contributed by atoms with E-state index in [4.69, 9.17) is 9.47 Å².